The maximum absolute atomic E-state index is 13.2. The van der Waals surface area contributed by atoms with Crippen LogP contribution in [-0.2, 0) is 9.53 Å². The van der Waals surface area contributed by atoms with Crippen LogP contribution >= 0.6 is 11.8 Å². The van der Waals surface area contributed by atoms with E-state index in [9.17, 15) is 9.59 Å². The van der Waals surface area contributed by atoms with E-state index in [1.165, 1.54) is 18.9 Å². The number of aryl methyl sites for hydroxylation is 1. The third kappa shape index (κ3) is 3.94. The van der Waals surface area contributed by atoms with Crippen LogP contribution in [0.15, 0.2) is 48.5 Å². The number of Topliss-reactive ketones (excluding diaryl/α,β-unsaturated/α-hetero) is 1. The molecular formula is C20H23NO3S. The molecule has 0 saturated heterocycles. The number of nitrogens with two attached hydrogens (primary N) is 1. The molecule has 0 bridgehead atoms. The third-order valence-corrected chi connectivity index (χ3v) is 4.87. The molecule has 2 aromatic rings. The number of carbonyl (C=O) groups is 2. The predicted octanol–water partition coefficient (Wildman–Crippen LogP) is 3.47. The summed E-state index contributed by atoms with van der Waals surface area (Å²) in [5.41, 5.74) is 7.78. The van der Waals surface area contributed by atoms with Crippen LogP contribution in [0.4, 0.5) is 0 Å². The van der Waals surface area contributed by atoms with Crippen LogP contribution in [0.2, 0.25) is 0 Å². The quantitative estimate of drug-likeness (QED) is 0.467. The van der Waals surface area contributed by atoms with Crippen LogP contribution in [0.25, 0.3) is 11.1 Å². The maximum Gasteiger partial charge on any atom is 0.334 e. The van der Waals surface area contributed by atoms with E-state index in [0.29, 0.717) is 11.3 Å². The number of ether oxygens (including phenoxy) is 1. The normalized spacial score (nSPS) is 13.1. The smallest absolute Gasteiger partial charge is 0.334 e. The Kier molecular flexibility index (Phi) is 6.39. The van der Waals surface area contributed by atoms with Gasteiger partial charge in [0.05, 0.1) is 7.11 Å². The van der Waals surface area contributed by atoms with Crippen molar-refractivity contribution in [3.05, 3.63) is 59.7 Å². The van der Waals surface area contributed by atoms with Gasteiger partial charge in [-0.3, -0.25) is 4.79 Å². The molecule has 2 N–H and O–H groups in total. The van der Waals surface area contributed by atoms with Gasteiger partial charge in [-0.05, 0) is 42.0 Å². The van der Waals surface area contributed by atoms with Gasteiger partial charge in [0.15, 0.2) is 11.3 Å². The molecule has 0 heterocycles. The first-order chi connectivity index (χ1) is 12.0. The molecule has 0 aliphatic rings. The molecule has 0 aliphatic carbocycles. The molecule has 0 fully saturated rings. The first-order valence-corrected chi connectivity index (χ1v) is 9.41. The van der Waals surface area contributed by atoms with Gasteiger partial charge < -0.3 is 10.5 Å². The Labute approximate surface area is 152 Å². The summed E-state index contributed by atoms with van der Waals surface area (Å²) in [6.45, 7) is 1.99. The molecule has 4 nitrogen and oxygen atoms in total. The number of esters is 1. The molecule has 25 heavy (non-hydrogen) atoms. The number of hydrogen-bond donors (Lipinski definition) is 1. The van der Waals surface area contributed by atoms with E-state index in [-0.39, 0.29) is 6.42 Å². The fourth-order valence-corrected chi connectivity index (χ4v) is 3.31. The topological polar surface area (TPSA) is 69.4 Å². The maximum atomic E-state index is 13.2. The van der Waals surface area contributed by atoms with Crippen molar-refractivity contribution in [2.45, 2.75) is 18.9 Å². The predicted molar refractivity (Wildman–Crippen MR) is 103 cm³/mol. The van der Waals surface area contributed by atoms with Gasteiger partial charge in [-0.1, -0.05) is 48.5 Å². The largest absolute Gasteiger partial charge is 0.467 e. The van der Waals surface area contributed by atoms with Gasteiger partial charge in [0.2, 0.25) is 0 Å². The summed E-state index contributed by atoms with van der Waals surface area (Å²) < 4.78 is 4.83. The lowest BCUT2D eigenvalue weighted by molar-refractivity contribution is -0.145. The van der Waals surface area contributed by atoms with Crippen molar-refractivity contribution in [3.63, 3.8) is 0 Å². The van der Waals surface area contributed by atoms with Crippen LogP contribution in [0.1, 0.15) is 22.3 Å². The van der Waals surface area contributed by atoms with Crippen LogP contribution < -0.4 is 5.73 Å². The molecule has 2 aromatic carbocycles. The average molecular weight is 357 g/mol. The molecule has 132 valence electrons. The number of rotatable bonds is 7. The number of methoxy groups -OCH3 is 1. The van der Waals surface area contributed by atoms with Gasteiger partial charge in [-0.25, -0.2) is 4.79 Å². The van der Waals surface area contributed by atoms with Crippen molar-refractivity contribution in [1.82, 2.24) is 0 Å². The zero-order valence-electron chi connectivity index (χ0n) is 14.7. The summed E-state index contributed by atoms with van der Waals surface area (Å²) >= 11 is 1.53. The summed E-state index contributed by atoms with van der Waals surface area (Å²) in [5, 5.41) is 0. The van der Waals surface area contributed by atoms with E-state index in [0.717, 1.165) is 16.7 Å². The number of carbonyl (C=O) groups excluding carboxylic acids is 2. The second kappa shape index (κ2) is 8.32. The van der Waals surface area contributed by atoms with Crippen LogP contribution in [0.5, 0.6) is 0 Å². The lowest BCUT2D eigenvalue weighted by Gasteiger charge is -2.26. The van der Waals surface area contributed by atoms with Crippen molar-refractivity contribution in [2.24, 2.45) is 5.73 Å². The SMILES string of the molecule is COC(=O)[C@@](N)(CCSC)C(=O)c1ccccc1-c1ccccc1C. The minimum Gasteiger partial charge on any atom is -0.467 e. The Bertz CT molecular complexity index is 775. The van der Waals surface area contributed by atoms with E-state index in [1.807, 2.05) is 49.6 Å². The minimum absolute atomic E-state index is 0.224. The van der Waals surface area contributed by atoms with Gasteiger partial charge in [-0.2, -0.15) is 11.8 Å². The van der Waals surface area contributed by atoms with Gasteiger partial charge in [0, 0.05) is 5.56 Å². The number of thioether (sulfide) groups is 1. The number of benzene rings is 2. The monoisotopic (exact) mass is 357 g/mol. The molecule has 2 rings (SSSR count). The Balaban J connectivity index is 2.55. The summed E-state index contributed by atoms with van der Waals surface area (Å²) in [4.78, 5) is 25.5. The first-order valence-electron chi connectivity index (χ1n) is 8.01. The summed E-state index contributed by atoms with van der Waals surface area (Å²) in [6, 6.07) is 15.1. The van der Waals surface area contributed by atoms with E-state index in [4.69, 9.17) is 10.5 Å². The number of ketones is 1. The van der Waals surface area contributed by atoms with E-state index < -0.39 is 17.3 Å². The van der Waals surface area contributed by atoms with Crippen LogP contribution in [0, 0.1) is 6.92 Å². The highest BCUT2D eigenvalue weighted by molar-refractivity contribution is 7.98. The zero-order valence-corrected chi connectivity index (χ0v) is 15.6. The molecule has 0 spiro atoms. The van der Waals surface area contributed by atoms with Crippen LogP contribution in [0.3, 0.4) is 0 Å². The van der Waals surface area contributed by atoms with Crippen molar-refractivity contribution in [3.8, 4) is 11.1 Å². The summed E-state index contributed by atoms with van der Waals surface area (Å²) in [6.07, 6.45) is 2.13. The molecule has 0 aliphatic heterocycles. The van der Waals surface area contributed by atoms with Crippen molar-refractivity contribution in [2.75, 3.05) is 19.1 Å². The summed E-state index contributed by atoms with van der Waals surface area (Å²) in [5.74, 6) is -0.525. The standard InChI is InChI=1S/C20H23NO3S/c1-14-8-4-5-9-15(14)16-10-6-7-11-17(16)18(22)20(21,12-13-25-3)19(23)24-2/h4-11H,12-13,21H2,1-3H3/t20-/m1/s1. The summed E-state index contributed by atoms with van der Waals surface area (Å²) in [7, 11) is 1.25. The van der Waals surface area contributed by atoms with Crippen LogP contribution in [-0.4, -0.2) is 36.4 Å². The van der Waals surface area contributed by atoms with Gasteiger partial charge in [0.1, 0.15) is 0 Å². The number of hydrogen-bond acceptors (Lipinski definition) is 5. The minimum atomic E-state index is -1.68. The highest BCUT2D eigenvalue weighted by Crippen LogP contribution is 2.30. The average Bonchev–Trinajstić information content (AvgIpc) is 2.65. The second-order valence-electron chi connectivity index (χ2n) is 5.90. The molecule has 0 unspecified atom stereocenters. The Morgan fingerprint density at radius 1 is 1.08 bits per heavy atom. The second-order valence-corrected chi connectivity index (χ2v) is 6.88. The fraction of sp³-hybridized carbons (Fsp3) is 0.300. The highest BCUT2D eigenvalue weighted by Gasteiger charge is 2.43. The fourth-order valence-electron chi connectivity index (χ4n) is 2.78. The van der Waals surface area contributed by atoms with E-state index in [1.54, 1.807) is 12.1 Å². The van der Waals surface area contributed by atoms with Gasteiger partial charge in [0.25, 0.3) is 0 Å². The molecule has 5 heteroatoms. The molecule has 1 atom stereocenters. The highest BCUT2D eigenvalue weighted by atomic mass is 32.2. The zero-order chi connectivity index (χ0) is 18.4. The van der Waals surface area contributed by atoms with Gasteiger partial charge in [-0.15, -0.1) is 0 Å². The van der Waals surface area contributed by atoms with Crippen molar-refractivity contribution in [1.29, 1.82) is 0 Å². The Morgan fingerprint density at radius 3 is 2.28 bits per heavy atom. The third-order valence-electron chi connectivity index (χ3n) is 4.26. The van der Waals surface area contributed by atoms with E-state index in [2.05, 4.69) is 0 Å². The lowest BCUT2D eigenvalue weighted by Crippen LogP contribution is -2.56. The van der Waals surface area contributed by atoms with Crippen molar-refractivity contribution >= 4 is 23.5 Å². The van der Waals surface area contributed by atoms with Gasteiger partial charge >= 0.3 is 5.97 Å². The molecule has 0 aromatic heterocycles. The molecule has 0 radical (unpaired) electrons. The first kappa shape index (κ1) is 19.2. The lowest BCUT2D eigenvalue weighted by atomic mass is 9.83. The van der Waals surface area contributed by atoms with Crippen molar-refractivity contribution < 1.29 is 14.3 Å². The van der Waals surface area contributed by atoms with E-state index >= 15 is 0 Å². The Morgan fingerprint density at radius 2 is 1.68 bits per heavy atom. The Hall–Kier alpha value is -2.11. The molecule has 0 amide bonds. The molecular weight excluding hydrogens is 334 g/mol. The molecule has 0 saturated carbocycles.